The predicted molar refractivity (Wildman–Crippen MR) is 538 cm³/mol. The van der Waals surface area contributed by atoms with E-state index < -0.39 is 80.2 Å². The van der Waals surface area contributed by atoms with Gasteiger partial charge in [-0.15, -0.1) is 0 Å². The third-order valence-electron chi connectivity index (χ3n) is 22.8. The molecule has 0 radical (unpaired) electrons. The lowest BCUT2D eigenvalue weighted by molar-refractivity contribution is 0.597. The molecule has 0 saturated carbocycles. The van der Waals surface area contributed by atoms with Crippen molar-refractivity contribution in [3.8, 4) is 45.0 Å². The fourth-order valence-corrected chi connectivity index (χ4v) is 27.2. The van der Waals surface area contributed by atoms with Crippen LogP contribution in [-0.2, 0) is 80.2 Å². The zero-order valence-electron chi connectivity index (χ0n) is 71.9. The zero-order valence-corrected chi connectivity index (χ0v) is 80.7. The van der Waals surface area contributed by atoms with Gasteiger partial charge >= 0.3 is 0 Å². The number of aromatic nitrogens is 5. The second-order valence-corrected chi connectivity index (χ2v) is 47.9. The van der Waals surface area contributed by atoms with Crippen LogP contribution in [0.3, 0.4) is 0 Å². The predicted octanol–water partition coefficient (Wildman–Crippen LogP) is 18.6. The van der Waals surface area contributed by atoms with Gasteiger partial charge in [-0.2, -0.15) is 0 Å². The van der Waals surface area contributed by atoms with E-state index in [0.29, 0.717) is 146 Å². The first kappa shape index (κ1) is 94.8. The normalized spacial score (nSPS) is 15.5. The lowest BCUT2D eigenvalue weighted by Gasteiger charge is -2.17. The van der Waals surface area contributed by atoms with E-state index in [2.05, 4.69) is 43.8 Å². The number of hydrogen-bond acceptors (Lipinski definition) is 21. The number of benzene rings is 11. The van der Waals surface area contributed by atoms with Crippen LogP contribution in [0, 0.1) is 6.92 Å². The van der Waals surface area contributed by atoms with Crippen LogP contribution in [0.2, 0.25) is 15.1 Å². The number of nitrogens with zero attached hydrogens (tertiary/aromatic N) is 9. The van der Waals surface area contributed by atoms with Crippen molar-refractivity contribution in [1.29, 1.82) is 0 Å². The first-order chi connectivity index (χ1) is 65.0. The van der Waals surface area contributed by atoms with Gasteiger partial charge in [0.2, 0.25) is 40.1 Å². The van der Waals surface area contributed by atoms with E-state index in [4.69, 9.17) is 34.8 Å². The van der Waals surface area contributed by atoms with Gasteiger partial charge in [-0.05, 0) is 255 Å². The Morgan fingerprint density at radius 2 is 0.603 bits per heavy atom. The van der Waals surface area contributed by atoms with Crippen molar-refractivity contribution in [2.75, 3.05) is 85.3 Å². The van der Waals surface area contributed by atoms with Crippen molar-refractivity contribution in [1.82, 2.24) is 24.9 Å². The topological polar surface area (TPSA) is 399 Å². The summed E-state index contributed by atoms with van der Waals surface area (Å²) in [6.07, 6.45) is 8.95. The highest BCUT2D eigenvalue weighted by atomic mass is 35.5. The fraction of sp³-hybridized carbons (Fsp3) is 0.135. The molecule has 11 aromatic carbocycles. The molecule has 4 fully saturated rings. The Balaban J connectivity index is 0.000000126. The van der Waals surface area contributed by atoms with Gasteiger partial charge < -0.3 is 0 Å². The number of nitrogens with one attached hydrogen (secondary N) is 4. The van der Waals surface area contributed by atoms with Gasteiger partial charge in [0.05, 0.1) is 114 Å². The summed E-state index contributed by atoms with van der Waals surface area (Å²) in [4.78, 5) is 22.6. The molecule has 4 aliphatic rings. The van der Waals surface area contributed by atoms with Gasteiger partial charge in [-0.1, -0.05) is 114 Å². The van der Waals surface area contributed by atoms with E-state index >= 15 is 0 Å². The Kier molecular flexibility index (Phi) is 27.0. The number of hydrogen-bond donors (Lipinski definition) is 4. The minimum absolute atomic E-state index is 0.0110. The fourth-order valence-electron chi connectivity index (χ4n) is 16.1. The van der Waals surface area contributed by atoms with Crippen LogP contribution in [0.1, 0.15) is 31.2 Å². The standard InChI is InChI=1S/C25H23N3O4S2.2C24H20ClN3O4S2.C23H19ClN4O4S2/c1-18-7-8-20(17-24(18)25-23-6-3-2-5-19(23)13-14-26-25)27-34(31,32)22-11-9-21(10-12-22)28-15-4-16-33(28,29)30;25-22-12-7-18(16-21(22)24-13-6-17-4-1-2-5-23(17)26-24)27-34(31,32)20-10-8-19(9-11-20)28-14-3-15-33(28,29)30;25-23-11-6-18(16-22(23)24-21-5-2-1-4-17(21)12-13-26-24)27-34(31,32)20-9-7-19(8-10-20)28-14-3-15-33(28,29)30;24-21-9-4-16(15-20(21)23-19-3-1-11-25-22(19)10-12-26-23)27-34(31,32)18-7-5-17(6-8-18)28-13-2-14-33(28,29)30/h2-3,5-14,17,27H,4,15-16H2,1H3;2*1-2,4-13,16,27H,3,14-15H2;1,3-12,15,27H,2,13-14H2. The summed E-state index contributed by atoms with van der Waals surface area (Å²) in [6.45, 7) is 3.53. The second-order valence-electron chi connectivity index (χ2n) is 31.9. The van der Waals surface area contributed by atoms with Crippen molar-refractivity contribution in [2.45, 2.75) is 52.2 Å². The summed E-state index contributed by atoms with van der Waals surface area (Å²) in [5, 5.41) is 7.03. The molecule has 4 aliphatic heterocycles. The number of anilines is 8. The average molecular weight is 2040 g/mol. The Labute approximate surface area is 802 Å². The number of rotatable bonds is 20. The number of fused-ring (bicyclic) bond motifs is 4. The smallest absolute Gasteiger partial charge is 0.261 e. The molecule has 20 rings (SSSR count). The zero-order chi connectivity index (χ0) is 95.7. The molecule has 0 amide bonds. The Morgan fingerprint density at radius 1 is 0.287 bits per heavy atom. The third kappa shape index (κ3) is 20.7. The minimum atomic E-state index is -3.93. The largest absolute Gasteiger partial charge is 0.280 e. The number of para-hydroxylation sites is 1. The molecule has 5 aromatic heterocycles. The number of sulfonamides is 8. The number of aryl methyl sites for hydroxylation is 1. The van der Waals surface area contributed by atoms with Crippen LogP contribution < -0.4 is 36.1 Å². The molecule has 40 heteroatoms. The van der Waals surface area contributed by atoms with E-state index in [1.54, 1.807) is 104 Å². The summed E-state index contributed by atoms with van der Waals surface area (Å²) in [5.41, 5.74) is 11.0. The maximum absolute atomic E-state index is 13.0. The molecular formula is C96H82Cl3N13O16S8. The molecule has 16 aromatic rings. The van der Waals surface area contributed by atoms with E-state index in [1.807, 2.05) is 116 Å². The first-order valence-corrected chi connectivity index (χ1v) is 55.7. The Hall–Kier alpha value is -12.9. The summed E-state index contributed by atoms with van der Waals surface area (Å²) < 4.78 is 217. The lowest BCUT2D eigenvalue weighted by Crippen LogP contribution is -2.25. The second kappa shape index (κ2) is 38.7. The summed E-state index contributed by atoms with van der Waals surface area (Å²) in [5.74, 6) is 0.393. The molecule has 9 heterocycles. The van der Waals surface area contributed by atoms with Gasteiger partial charge in [0, 0.05) is 118 Å². The summed E-state index contributed by atoms with van der Waals surface area (Å²) in [6, 6.07) is 79.6. The highest BCUT2D eigenvalue weighted by Crippen LogP contribution is 2.41. The van der Waals surface area contributed by atoms with Gasteiger partial charge in [0.15, 0.2) is 0 Å². The molecule has 4 saturated heterocycles. The molecule has 0 unspecified atom stereocenters. The minimum Gasteiger partial charge on any atom is -0.280 e. The van der Waals surface area contributed by atoms with Crippen LogP contribution in [-0.4, -0.2) is 141 Å². The van der Waals surface area contributed by atoms with Crippen molar-refractivity contribution in [3.63, 3.8) is 0 Å². The third-order valence-corrected chi connectivity index (χ3v) is 36.9. The van der Waals surface area contributed by atoms with Gasteiger partial charge in [0.1, 0.15) is 0 Å². The highest BCUT2D eigenvalue weighted by Gasteiger charge is 2.34. The monoisotopic (exact) mass is 2030 g/mol. The van der Waals surface area contributed by atoms with Gasteiger partial charge in [-0.25, -0.2) is 72.3 Å². The van der Waals surface area contributed by atoms with Crippen molar-refractivity contribution in [2.24, 2.45) is 0 Å². The van der Waals surface area contributed by atoms with Crippen LogP contribution in [0.4, 0.5) is 45.5 Å². The summed E-state index contributed by atoms with van der Waals surface area (Å²) in [7, 11) is -29.0. The molecule has 0 bridgehead atoms. The Morgan fingerprint density at radius 3 is 0.985 bits per heavy atom. The Bertz CT molecular complexity index is 7770. The first-order valence-electron chi connectivity index (χ1n) is 42.2. The quantitative estimate of drug-likeness (QED) is 0.0550. The average Bonchev–Trinajstić information content (AvgIpc) is 1.43. The van der Waals surface area contributed by atoms with Crippen molar-refractivity contribution < 1.29 is 67.3 Å². The van der Waals surface area contributed by atoms with Crippen LogP contribution in [0.25, 0.3) is 88.4 Å². The molecule has 4 N–H and O–H groups in total. The molecule has 136 heavy (non-hydrogen) atoms. The number of halogens is 3. The molecule has 0 atom stereocenters. The van der Waals surface area contributed by atoms with Crippen LogP contribution in [0.15, 0.2) is 329 Å². The van der Waals surface area contributed by atoms with E-state index in [0.717, 1.165) is 60.2 Å². The maximum Gasteiger partial charge on any atom is 0.261 e. The highest BCUT2D eigenvalue weighted by molar-refractivity contribution is 7.95. The van der Waals surface area contributed by atoms with Crippen molar-refractivity contribution >= 4 is 204 Å². The van der Waals surface area contributed by atoms with Crippen molar-refractivity contribution in [3.05, 3.63) is 331 Å². The van der Waals surface area contributed by atoms with Crippen LogP contribution in [0.5, 0.6) is 0 Å². The SMILES string of the molecule is Cc1ccc(NS(=O)(=O)c2ccc(N3CCCS3(=O)=O)cc2)cc1-c1nccc2ccccc12.O=S(=O)(Nc1ccc(Cl)c(-c2ccc3ccccc3n2)c1)c1ccc(N2CCCS2(=O)=O)cc1.O=S(=O)(Nc1ccc(Cl)c(-c2nccc3ccccc23)c1)c1ccc(N2CCCS2(=O)=O)cc1.O=S(=O)(Nc1ccc(Cl)c(-c2nccc3ncccc23)c1)c1ccc(N2CCCS2(=O)=O)cc1. The molecule has 0 spiro atoms. The van der Waals surface area contributed by atoms with E-state index in [1.165, 1.54) is 114 Å². The number of pyridine rings is 5. The van der Waals surface area contributed by atoms with E-state index in [9.17, 15) is 67.3 Å². The summed E-state index contributed by atoms with van der Waals surface area (Å²) >= 11 is 19.3. The molecule has 696 valence electrons. The lowest BCUT2D eigenvalue weighted by atomic mass is 10.00. The van der Waals surface area contributed by atoms with Gasteiger partial charge in [-0.3, -0.25) is 56.0 Å². The molecule has 29 nitrogen and oxygen atoms in total. The van der Waals surface area contributed by atoms with E-state index in [-0.39, 0.29) is 42.6 Å². The molecule has 0 aliphatic carbocycles. The maximum atomic E-state index is 13.0. The molecular weight excluding hydrogens is 1950 g/mol. The van der Waals surface area contributed by atoms with Gasteiger partial charge in [0.25, 0.3) is 40.1 Å². The van der Waals surface area contributed by atoms with Crippen LogP contribution >= 0.6 is 34.8 Å².